The lowest BCUT2D eigenvalue weighted by molar-refractivity contribution is 0.0793. The second-order valence-corrected chi connectivity index (χ2v) is 8.11. The number of thiophene rings is 1. The number of carbonyl (C=O) groups excluding carboxylic acids is 1. The van der Waals surface area contributed by atoms with Crippen molar-refractivity contribution in [3.8, 4) is 0 Å². The van der Waals surface area contributed by atoms with Crippen LogP contribution in [0.1, 0.15) is 54.4 Å². The van der Waals surface area contributed by atoms with Crippen LogP contribution in [0.5, 0.6) is 0 Å². The van der Waals surface area contributed by atoms with Crippen LogP contribution >= 0.6 is 11.3 Å². The number of amides is 1. The Morgan fingerprint density at radius 1 is 1.29 bits per heavy atom. The third kappa shape index (κ3) is 3.09. The lowest BCUT2D eigenvalue weighted by Crippen LogP contribution is -2.32. The quantitative estimate of drug-likeness (QED) is 0.883. The van der Waals surface area contributed by atoms with Gasteiger partial charge in [0.2, 0.25) is 0 Å². The predicted octanol–water partition coefficient (Wildman–Crippen LogP) is 2.84. The average Bonchev–Trinajstić information content (AvgIpc) is 3.03. The first-order valence-electron chi connectivity index (χ1n) is 7.88. The van der Waals surface area contributed by atoms with Crippen molar-refractivity contribution >= 4 is 22.2 Å². The predicted molar refractivity (Wildman–Crippen MR) is 88.2 cm³/mol. The molecule has 2 aliphatic heterocycles. The Kier molecular flexibility index (Phi) is 3.97. The molecule has 1 aromatic rings. The zero-order valence-electron chi connectivity index (χ0n) is 13.2. The van der Waals surface area contributed by atoms with E-state index in [1.54, 1.807) is 11.3 Å². The van der Waals surface area contributed by atoms with E-state index in [1.165, 1.54) is 10.4 Å². The molecule has 0 bridgehead atoms. The molecule has 2 aliphatic rings. The molecular formula is C16H25N3OS. The van der Waals surface area contributed by atoms with Gasteiger partial charge in [0, 0.05) is 30.1 Å². The van der Waals surface area contributed by atoms with Crippen LogP contribution in [0.2, 0.25) is 0 Å². The summed E-state index contributed by atoms with van der Waals surface area (Å²) in [6.45, 7) is 10.1. The van der Waals surface area contributed by atoms with Crippen molar-refractivity contribution in [3.05, 3.63) is 16.0 Å². The number of anilines is 1. The maximum atomic E-state index is 13.0. The fourth-order valence-corrected chi connectivity index (χ4v) is 4.49. The zero-order valence-corrected chi connectivity index (χ0v) is 14.0. The van der Waals surface area contributed by atoms with Gasteiger partial charge in [0.25, 0.3) is 5.91 Å². The van der Waals surface area contributed by atoms with Crippen molar-refractivity contribution in [1.82, 2.24) is 10.2 Å². The van der Waals surface area contributed by atoms with E-state index in [2.05, 4.69) is 31.4 Å². The summed E-state index contributed by atoms with van der Waals surface area (Å²) in [6, 6.07) is 0. The SMILES string of the molecule is CC(C)(C)Nc1sc2c(c1C(=O)N1CCCC1)CCNC2. The molecule has 3 heterocycles. The molecule has 1 amide bonds. The second kappa shape index (κ2) is 5.61. The Balaban J connectivity index is 1.98. The smallest absolute Gasteiger partial charge is 0.257 e. The van der Waals surface area contributed by atoms with Crippen molar-refractivity contribution in [2.45, 2.75) is 52.1 Å². The maximum Gasteiger partial charge on any atom is 0.257 e. The topological polar surface area (TPSA) is 44.4 Å². The largest absolute Gasteiger partial charge is 0.372 e. The summed E-state index contributed by atoms with van der Waals surface area (Å²) in [6.07, 6.45) is 3.25. The Morgan fingerprint density at radius 3 is 2.67 bits per heavy atom. The third-order valence-electron chi connectivity index (χ3n) is 4.02. The number of nitrogens with zero attached hydrogens (tertiary/aromatic N) is 1. The van der Waals surface area contributed by atoms with Crippen molar-refractivity contribution in [3.63, 3.8) is 0 Å². The summed E-state index contributed by atoms with van der Waals surface area (Å²) >= 11 is 1.75. The van der Waals surface area contributed by atoms with Crippen molar-refractivity contribution in [2.24, 2.45) is 0 Å². The van der Waals surface area contributed by atoms with Crippen LogP contribution < -0.4 is 10.6 Å². The number of carbonyl (C=O) groups is 1. The highest BCUT2D eigenvalue weighted by molar-refractivity contribution is 7.16. The van der Waals surface area contributed by atoms with Gasteiger partial charge in [-0.3, -0.25) is 4.79 Å². The first-order chi connectivity index (χ1) is 9.96. The molecule has 0 aromatic carbocycles. The Bertz CT molecular complexity index is 538. The summed E-state index contributed by atoms with van der Waals surface area (Å²) in [5.41, 5.74) is 2.21. The van der Waals surface area contributed by atoms with Crippen LogP contribution in [0.15, 0.2) is 0 Å². The zero-order chi connectivity index (χ0) is 15.0. The Morgan fingerprint density at radius 2 is 2.00 bits per heavy atom. The van der Waals surface area contributed by atoms with Gasteiger partial charge >= 0.3 is 0 Å². The average molecular weight is 307 g/mol. The van der Waals surface area contributed by atoms with E-state index in [0.29, 0.717) is 0 Å². The number of rotatable bonds is 2. The standard InChI is InChI=1S/C16H25N3OS/c1-16(2,3)18-14-13(15(20)19-8-4-5-9-19)11-6-7-17-10-12(11)21-14/h17-18H,4-10H2,1-3H3. The molecule has 0 radical (unpaired) electrons. The third-order valence-corrected chi connectivity index (χ3v) is 5.17. The molecule has 1 aromatic heterocycles. The summed E-state index contributed by atoms with van der Waals surface area (Å²) in [5, 5.41) is 8.03. The summed E-state index contributed by atoms with van der Waals surface area (Å²) in [7, 11) is 0. The highest BCUT2D eigenvalue weighted by Gasteiger charge is 2.30. The van der Waals surface area contributed by atoms with Gasteiger partial charge in [-0.15, -0.1) is 11.3 Å². The van der Waals surface area contributed by atoms with Gasteiger partial charge in [0.1, 0.15) is 5.00 Å². The summed E-state index contributed by atoms with van der Waals surface area (Å²) in [5.74, 6) is 0.235. The first kappa shape index (κ1) is 14.9. The van der Waals surface area contributed by atoms with Crippen LogP contribution in [0, 0.1) is 0 Å². The maximum absolute atomic E-state index is 13.0. The van der Waals surface area contributed by atoms with Crippen molar-refractivity contribution in [2.75, 3.05) is 25.0 Å². The monoisotopic (exact) mass is 307 g/mol. The van der Waals surface area contributed by atoms with E-state index in [9.17, 15) is 4.79 Å². The number of likely N-dealkylation sites (tertiary alicyclic amines) is 1. The highest BCUT2D eigenvalue weighted by Crippen LogP contribution is 2.38. The summed E-state index contributed by atoms with van der Waals surface area (Å²) in [4.78, 5) is 16.3. The van der Waals surface area contributed by atoms with Crippen LogP contribution in [0.4, 0.5) is 5.00 Å². The highest BCUT2D eigenvalue weighted by atomic mass is 32.1. The van der Waals surface area contributed by atoms with Crippen LogP contribution in [-0.4, -0.2) is 36.0 Å². The number of fused-ring (bicyclic) bond motifs is 1. The number of hydrogen-bond donors (Lipinski definition) is 2. The van der Waals surface area contributed by atoms with Gasteiger partial charge in [-0.1, -0.05) is 0 Å². The van der Waals surface area contributed by atoms with E-state index < -0.39 is 0 Å². The normalized spacial score (nSPS) is 18.7. The van der Waals surface area contributed by atoms with Gasteiger partial charge in [-0.2, -0.15) is 0 Å². The fourth-order valence-electron chi connectivity index (χ4n) is 3.07. The van der Waals surface area contributed by atoms with Gasteiger partial charge in [0.15, 0.2) is 0 Å². The van der Waals surface area contributed by atoms with Crippen LogP contribution in [0.3, 0.4) is 0 Å². The molecular weight excluding hydrogens is 282 g/mol. The fraction of sp³-hybridized carbons (Fsp3) is 0.688. The molecule has 0 saturated carbocycles. The van der Waals surface area contributed by atoms with E-state index >= 15 is 0 Å². The minimum atomic E-state index is -0.0269. The molecule has 4 nitrogen and oxygen atoms in total. The first-order valence-corrected chi connectivity index (χ1v) is 8.70. The van der Waals surface area contributed by atoms with Crippen molar-refractivity contribution < 1.29 is 4.79 Å². The Labute approximate surface area is 130 Å². The molecule has 1 saturated heterocycles. The molecule has 0 atom stereocenters. The number of hydrogen-bond acceptors (Lipinski definition) is 4. The molecule has 116 valence electrons. The van der Waals surface area contributed by atoms with E-state index in [1.807, 2.05) is 4.90 Å². The van der Waals surface area contributed by atoms with Gasteiger partial charge < -0.3 is 15.5 Å². The van der Waals surface area contributed by atoms with Crippen LogP contribution in [-0.2, 0) is 13.0 Å². The lowest BCUT2D eigenvalue weighted by atomic mass is 10.0. The van der Waals surface area contributed by atoms with Crippen LogP contribution in [0.25, 0.3) is 0 Å². The number of nitrogens with one attached hydrogen (secondary N) is 2. The van der Waals surface area contributed by atoms with Gasteiger partial charge in [0.05, 0.1) is 5.56 Å². The van der Waals surface area contributed by atoms with E-state index in [0.717, 1.165) is 56.0 Å². The molecule has 0 unspecified atom stereocenters. The second-order valence-electron chi connectivity index (χ2n) is 7.01. The minimum Gasteiger partial charge on any atom is -0.372 e. The molecule has 2 N–H and O–H groups in total. The molecule has 1 fully saturated rings. The minimum absolute atomic E-state index is 0.0269. The Hall–Kier alpha value is -1.07. The van der Waals surface area contributed by atoms with E-state index in [-0.39, 0.29) is 11.4 Å². The van der Waals surface area contributed by atoms with E-state index in [4.69, 9.17) is 0 Å². The summed E-state index contributed by atoms with van der Waals surface area (Å²) < 4.78 is 0. The molecule has 3 rings (SSSR count). The van der Waals surface area contributed by atoms with Crippen molar-refractivity contribution in [1.29, 1.82) is 0 Å². The molecule has 5 heteroatoms. The van der Waals surface area contributed by atoms with Gasteiger partial charge in [-0.25, -0.2) is 0 Å². The molecule has 21 heavy (non-hydrogen) atoms. The lowest BCUT2D eigenvalue weighted by Gasteiger charge is -2.24. The molecule has 0 aliphatic carbocycles. The van der Waals surface area contributed by atoms with Gasteiger partial charge in [-0.05, 0) is 52.1 Å². The molecule has 0 spiro atoms.